The first-order valence-electron chi connectivity index (χ1n) is 5.92. The topological polar surface area (TPSA) is 74.2 Å². The standard InChI is InChI=1S/C13H17N3O2/c1-4-5-12-15-13(18-16-12)9-7-11(17-3)10(14)6-8(9)2/h6-7H,4-5,14H2,1-3H3. The van der Waals surface area contributed by atoms with Crippen LogP contribution in [0.1, 0.15) is 24.7 Å². The molecule has 2 aromatic rings. The van der Waals surface area contributed by atoms with Gasteiger partial charge in [-0.2, -0.15) is 4.98 Å². The van der Waals surface area contributed by atoms with Crippen LogP contribution in [-0.4, -0.2) is 17.3 Å². The normalized spacial score (nSPS) is 10.6. The summed E-state index contributed by atoms with van der Waals surface area (Å²) in [4.78, 5) is 4.36. The van der Waals surface area contributed by atoms with Crippen LogP contribution in [0.5, 0.6) is 5.75 Å². The predicted octanol–water partition coefficient (Wildman–Crippen LogP) is 2.59. The zero-order valence-electron chi connectivity index (χ0n) is 10.9. The highest BCUT2D eigenvalue weighted by Gasteiger charge is 2.13. The van der Waals surface area contributed by atoms with Crippen LogP contribution in [0.25, 0.3) is 11.5 Å². The lowest BCUT2D eigenvalue weighted by atomic mass is 10.1. The van der Waals surface area contributed by atoms with Crippen LogP contribution < -0.4 is 10.5 Å². The molecule has 0 bridgehead atoms. The van der Waals surface area contributed by atoms with Crippen molar-refractivity contribution >= 4 is 5.69 Å². The molecule has 2 N–H and O–H groups in total. The second-order valence-electron chi connectivity index (χ2n) is 4.17. The van der Waals surface area contributed by atoms with E-state index in [1.54, 1.807) is 7.11 Å². The maximum atomic E-state index is 5.84. The van der Waals surface area contributed by atoms with Gasteiger partial charge in [0, 0.05) is 12.0 Å². The molecule has 0 spiro atoms. The number of rotatable bonds is 4. The average molecular weight is 247 g/mol. The Balaban J connectivity index is 2.42. The molecule has 0 fully saturated rings. The lowest BCUT2D eigenvalue weighted by molar-refractivity contribution is 0.413. The van der Waals surface area contributed by atoms with Crippen LogP contribution in [0, 0.1) is 6.92 Å². The first kappa shape index (κ1) is 12.4. The minimum atomic E-state index is 0.509. The highest BCUT2D eigenvalue weighted by atomic mass is 16.5. The Morgan fingerprint density at radius 1 is 1.39 bits per heavy atom. The van der Waals surface area contributed by atoms with E-state index in [1.807, 2.05) is 19.1 Å². The number of methoxy groups -OCH3 is 1. The van der Waals surface area contributed by atoms with Crippen LogP contribution in [0.2, 0.25) is 0 Å². The third-order valence-corrected chi connectivity index (χ3v) is 2.75. The molecule has 0 aliphatic carbocycles. The van der Waals surface area contributed by atoms with E-state index < -0.39 is 0 Å². The second kappa shape index (κ2) is 5.08. The average Bonchev–Trinajstić information content (AvgIpc) is 2.78. The molecule has 5 nitrogen and oxygen atoms in total. The summed E-state index contributed by atoms with van der Waals surface area (Å²) in [6.07, 6.45) is 1.80. The molecule has 0 unspecified atom stereocenters. The van der Waals surface area contributed by atoms with E-state index in [2.05, 4.69) is 17.1 Å². The number of aromatic nitrogens is 2. The molecule has 1 aromatic heterocycles. The summed E-state index contributed by atoms with van der Waals surface area (Å²) in [5.41, 5.74) is 8.29. The molecule has 0 aliphatic heterocycles. The molecule has 0 amide bonds. The molecule has 2 rings (SSSR count). The highest BCUT2D eigenvalue weighted by Crippen LogP contribution is 2.31. The summed E-state index contributed by atoms with van der Waals surface area (Å²) in [6.45, 7) is 4.03. The molecule has 0 aliphatic rings. The van der Waals surface area contributed by atoms with Crippen molar-refractivity contribution in [3.63, 3.8) is 0 Å². The summed E-state index contributed by atoms with van der Waals surface area (Å²) in [5, 5.41) is 3.94. The monoisotopic (exact) mass is 247 g/mol. The van der Waals surface area contributed by atoms with Crippen LogP contribution in [-0.2, 0) is 6.42 Å². The lowest BCUT2D eigenvalue weighted by Crippen LogP contribution is -1.95. The Labute approximate surface area is 106 Å². The first-order chi connectivity index (χ1) is 8.65. The van der Waals surface area contributed by atoms with E-state index in [0.717, 1.165) is 29.8 Å². The maximum absolute atomic E-state index is 5.84. The predicted molar refractivity (Wildman–Crippen MR) is 69.4 cm³/mol. The number of nitrogens with zero attached hydrogens (tertiary/aromatic N) is 2. The summed E-state index contributed by atoms with van der Waals surface area (Å²) in [5.74, 6) is 1.85. The Morgan fingerprint density at radius 3 is 2.83 bits per heavy atom. The summed E-state index contributed by atoms with van der Waals surface area (Å²) >= 11 is 0. The molecular formula is C13H17N3O2. The number of nitrogens with two attached hydrogens (primary N) is 1. The van der Waals surface area contributed by atoms with Gasteiger partial charge in [-0.3, -0.25) is 0 Å². The SMILES string of the molecule is CCCc1noc(-c2cc(OC)c(N)cc2C)n1. The molecule has 0 atom stereocenters. The third-order valence-electron chi connectivity index (χ3n) is 2.75. The van der Waals surface area contributed by atoms with E-state index in [9.17, 15) is 0 Å². The molecule has 18 heavy (non-hydrogen) atoms. The van der Waals surface area contributed by atoms with E-state index in [-0.39, 0.29) is 0 Å². The van der Waals surface area contributed by atoms with Crippen LogP contribution in [0.3, 0.4) is 0 Å². The van der Waals surface area contributed by atoms with Crippen molar-refractivity contribution in [3.05, 3.63) is 23.5 Å². The van der Waals surface area contributed by atoms with Crippen molar-refractivity contribution in [1.29, 1.82) is 0 Å². The van der Waals surface area contributed by atoms with E-state index in [0.29, 0.717) is 17.3 Å². The number of anilines is 1. The molecule has 5 heteroatoms. The largest absolute Gasteiger partial charge is 0.495 e. The zero-order chi connectivity index (χ0) is 13.1. The van der Waals surface area contributed by atoms with Gasteiger partial charge < -0.3 is 15.0 Å². The first-order valence-corrected chi connectivity index (χ1v) is 5.92. The van der Waals surface area contributed by atoms with Crippen molar-refractivity contribution < 1.29 is 9.26 Å². The molecular weight excluding hydrogens is 230 g/mol. The molecule has 96 valence electrons. The van der Waals surface area contributed by atoms with Gasteiger partial charge in [-0.25, -0.2) is 0 Å². The number of ether oxygens (including phenoxy) is 1. The Bertz CT molecular complexity index is 549. The van der Waals surface area contributed by atoms with Gasteiger partial charge in [-0.15, -0.1) is 0 Å². The Morgan fingerprint density at radius 2 is 2.17 bits per heavy atom. The summed E-state index contributed by atoms with van der Waals surface area (Å²) < 4.78 is 10.5. The number of aryl methyl sites for hydroxylation is 2. The van der Waals surface area contributed by atoms with E-state index in [4.69, 9.17) is 15.0 Å². The Kier molecular flexibility index (Phi) is 3.50. The van der Waals surface area contributed by atoms with Crippen molar-refractivity contribution in [2.45, 2.75) is 26.7 Å². The van der Waals surface area contributed by atoms with E-state index >= 15 is 0 Å². The van der Waals surface area contributed by atoms with Gasteiger partial charge in [0.05, 0.1) is 12.8 Å². The van der Waals surface area contributed by atoms with Crippen LogP contribution in [0.15, 0.2) is 16.7 Å². The van der Waals surface area contributed by atoms with Gasteiger partial charge in [0.2, 0.25) is 0 Å². The van der Waals surface area contributed by atoms with Gasteiger partial charge in [-0.1, -0.05) is 12.1 Å². The van der Waals surface area contributed by atoms with Crippen LogP contribution >= 0.6 is 0 Å². The number of hydrogen-bond donors (Lipinski definition) is 1. The molecule has 0 saturated carbocycles. The number of hydrogen-bond acceptors (Lipinski definition) is 5. The third kappa shape index (κ3) is 2.30. The minimum absolute atomic E-state index is 0.509. The summed E-state index contributed by atoms with van der Waals surface area (Å²) in [7, 11) is 1.58. The maximum Gasteiger partial charge on any atom is 0.258 e. The quantitative estimate of drug-likeness (QED) is 0.840. The molecule has 1 aromatic carbocycles. The van der Waals surface area contributed by atoms with Gasteiger partial charge in [-0.05, 0) is 31.0 Å². The number of nitrogen functional groups attached to an aromatic ring is 1. The molecule has 0 saturated heterocycles. The van der Waals surface area contributed by atoms with Crippen molar-refractivity contribution in [2.75, 3.05) is 12.8 Å². The highest BCUT2D eigenvalue weighted by molar-refractivity contribution is 5.68. The van der Waals surface area contributed by atoms with Gasteiger partial charge >= 0.3 is 0 Å². The fourth-order valence-corrected chi connectivity index (χ4v) is 1.81. The van der Waals surface area contributed by atoms with Gasteiger partial charge in [0.25, 0.3) is 5.89 Å². The fraction of sp³-hybridized carbons (Fsp3) is 0.385. The van der Waals surface area contributed by atoms with Crippen molar-refractivity contribution in [2.24, 2.45) is 0 Å². The zero-order valence-corrected chi connectivity index (χ0v) is 10.9. The van der Waals surface area contributed by atoms with Gasteiger partial charge in [0.15, 0.2) is 5.82 Å². The van der Waals surface area contributed by atoms with Crippen molar-refractivity contribution in [1.82, 2.24) is 10.1 Å². The Hall–Kier alpha value is -2.04. The second-order valence-corrected chi connectivity index (χ2v) is 4.17. The van der Waals surface area contributed by atoms with Gasteiger partial charge in [0.1, 0.15) is 5.75 Å². The smallest absolute Gasteiger partial charge is 0.258 e. The van der Waals surface area contributed by atoms with Crippen LogP contribution in [0.4, 0.5) is 5.69 Å². The fourth-order valence-electron chi connectivity index (χ4n) is 1.81. The summed E-state index contributed by atoms with van der Waals surface area (Å²) in [6, 6.07) is 3.67. The molecule has 0 radical (unpaired) electrons. The lowest BCUT2D eigenvalue weighted by Gasteiger charge is -2.08. The molecule has 1 heterocycles. The minimum Gasteiger partial charge on any atom is -0.495 e. The van der Waals surface area contributed by atoms with Crippen molar-refractivity contribution in [3.8, 4) is 17.2 Å². The number of benzene rings is 1. The van der Waals surface area contributed by atoms with E-state index in [1.165, 1.54) is 0 Å².